The monoisotopic (exact) mass is 262 g/mol. The molecule has 0 aromatic rings. The minimum Gasteiger partial charge on any atom is -0.444 e. The molecular weight excluding hydrogens is 243 g/mol. The Kier molecular flexibility index (Phi) is 3.85. The van der Waals surface area contributed by atoms with Crippen LogP contribution in [0.15, 0.2) is 0 Å². The number of hydrogen-bond donors (Lipinski definition) is 3. The number of alkyl halides is 1. The number of carbonyl (C=O) groups excluding carboxylic acids is 2. The quantitative estimate of drug-likeness (QED) is 0.677. The first-order valence-corrected chi connectivity index (χ1v) is 5.68. The average Bonchev–Trinajstić information content (AvgIpc) is 2.10. The number of aliphatic hydroxyl groups is 1. The number of rotatable bonds is 3. The molecule has 0 unspecified atom stereocenters. The lowest BCUT2D eigenvalue weighted by Gasteiger charge is -2.46. The van der Waals surface area contributed by atoms with E-state index in [9.17, 15) is 19.1 Å². The van der Waals surface area contributed by atoms with Crippen LogP contribution in [-0.4, -0.2) is 40.5 Å². The molecule has 0 heterocycles. The Labute approximate surface area is 105 Å². The Morgan fingerprint density at radius 3 is 2.33 bits per heavy atom. The molecule has 0 aromatic heterocycles. The molecule has 0 aromatic carbocycles. The largest absolute Gasteiger partial charge is 0.444 e. The van der Waals surface area contributed by atoms with Gasteiger partial charge in [-0.25, -0.2) is 9.18 Å². The summed E-state index contributed by atoms with van der Waals surface area (Å²) in [5.41, 5.74) is 2.90. The molecule has 2 amide bonds. The predicted molar refractivity (Wildman–Crippen MR) is 61.4 cm³/mol. The lowest BCUT2D eigenvalue weighted by molar-refractivity contribution is -0.135. The third-order valence-electron chi connectivity index (χ3n) is 2.71. The zero-order chi connectivity index (χ0) is 14.1. The minimum atomic E-state index is -1.63. The molecule has 1 aliphatic rings. The van der Waals surface area contributed by atoms with E-state index in [1.807, 2.05) is 0 Å². The molecule has 1 atom stereocenters. The van der Waals surface area contributed by atoms with Crippen molar-refractivity contribution in [3.63, 3.8) is 0 Å². The van der Waals surface area contributed by atoms with Gasteiger partial charge in [0.2, 0.25) is 5.91 Å². The van der Waals surface area contributed by atoms with Crippen LogP contribution in [0.1, 0.15) is 33.6 Å². The van der Waals surface area contributed by atoms with Crippen molar-refractivity contribution in [2.24, 2.45) is 5.73 Å². The number of hydrogen-bond acceptors (Lipinski definition) is 4. The molecule has 1 fully saturated rings. The van der Waals surface area contributed by atoms with Crippen molar-refractivity contribution in [2.45, 2.75) is 57.0 Å². The second-order valence-corrected chi connectivity index (χ2v) is 5.59. The van der Waals surface area contributed by atoms with E-state index in [0.29, 0.717) is 0 Å². The van der Waals surface area contributed by atoms with E-state index in [2.05, 4.69) is 5.32 Å². The second-order valence-electron chi connectivity index (χ2n) is 5.59. The van der Waals surface area contributed by atoms with Gasteiger partial charge in [0, 0.05) is 12.8 Å². The smallest absolute Gasteiger partial charge is 0.408 e. The fraction of sp³-hybridized carbons (Fsp3) is 0.818. The van der Waals surface area contributed by atoms with Crippen molar-refractivity contribution < 1.29 is 23.8 Å². The van der Waals surface area contributed by atoms with Crippen LogP contribution in [0.25, 0.3) is 0 Å². The lowest BCUT2D eigenvalue weighted by Crippen LogP contribution is -2.68. The average molecular weight is 262 g/mol. The molecular formula is C11H19FN2O4. The molecule has 0 radical (unpaired) electrons. The van der Waals surface area contributed by atoms with Gasteiger partial charge in [-0.15, -0.1) is 0 Å². The van der Waals surface area contributed by atoms with Crippen molar-refractivity contribution in [1.82, 2.24) is 5.32 Å². The van der Waals surface area contributed by atoms with Crippen molar-refractivity contribution >= 4 is 12.0 Å². The Hall–Kier alpha value is -1.37. The zero-order valence-electron chi connectivity index (χ0n) is 10.7. The van der Waals surface area contributed by atoms with Gasteiger partial charge >= 0.3 is 6.09 Å². The van der Waals surface area contributed by atoms with Crippen LogP contribution in [0.5, 0.6) is 0 Å². The van der Waals surface area contributed by atoms with Gasteiger partial charge in [0.15, 0.2) is 6.10 Å². The summed E-state index contributed by atoms with van der Waals surface area (Å²) >= 11 is 0. The maximum Gasteiger partial charge on any atom is 0.408 e. The third-order valence-corrected chi connectivity index (χ3v) is 2.71. The molecule has 0 aliphatic heterocycles. The molecule has 1 saturated carbocycles. The molecule has 18 heavy (non-hydrogen) atoms. The van der Waals surface area contributed by atoms with Crippen LogP contribution < -0.4 is 11.1 Å². The molecule has 104 valence electrons. The van der Waals surface area contributed by atoms with Crippen LogP contribution in [0, 0.1) is 0 Å². The Morgan fingerprint density at radius 2 is 2.00 bits per heavy atom. The fourth-order valence-electron chi connectivity index (χ4n) is 1.90. The van der Waals surface area contributed by atoms with Crippen LogP contribution in [-0.2, 0) is 9.53 Å². The molecule has 0 spiro atoms. The van der Waals surface area contributed by atoms with E-state index < -0.39 is 35.4 Å². The van der Waals surface area contributed by atoms with E-state index in [-0.39, 0.29) is 12.8 Å². The number of aliphatic hydroxyl groups excluding tert-OH is 1. The summed E-state index contributed by atoms with van der Waals surface area (Å²) in [5, 5.41) is 12.0. The number of primary amides is 1. The predicted octanol–water partition coefficient (Wildman–Crippen LogP) is 0.228. The fourth-order valence-corrected chi connectivity index (χ4v) is 1.90. The number of nitrogens with one attached hydrogen (secondary N) is 1. The van der Waals surface area contributed by atoms with Gasteiger partial charge in [0.25, 0.3) is 0 Å². The van der Waals surface area contributed by atoms with Crippen LogP contribution >= 0.6 is 0 Å². The number of alkyl carbamates (subject to hydrolysis) is 1. The maximum atomic E-state index is 13.0. The van der Waals surface area contributed by atoms with E-state index in [0.717, 1.165) is 0 Å². The second kappa shape index (κ2) is 4.72. The Bertz CT molecular complexity index is 347. The molecule has 0 bridgehead atoms. The molecule has 1 rings (SSSR count). The van der Waals surface area contributed by atoms with Gasteiger partial charge in [0.1, 0.15) is 11.8 Å². The van der Waals surface area contributed by atoms with Gasteiger partial charge in [-0.05, 0) is 20.8 Å². The summed E-state index contributed by atoms with van der Waals surface area (Å²) in [6.07, 6.45) is -3.92. The SMILES string of the molecule is CC(C)(C)OC(=O)NC1([C@@H](O)C(N)=O)CC(F)C1. The highest BCUT2D eigenvalue weighted by molar-refractivity contribution is 5.82. The summed E-state index contributed by atoms with van der Waals surface area (Å²) in [4.78, 5) is 22.6. The molecule has 7 heteroatoms. The summed E-state index contributed by atoms with van der Waals surface area (Å²) in [7, 11) is 0. The van der Waals surface area contributed by atoms with E-state index in [1.54, 1.807) is 20.8 Å². The summed E-state index contributed by atoms with van der Waals surface area (Å²) in [6.45, 7) is 5.01. The molecule has 1 aliphatic carbocycles. The molecule has 4 N–H and O–H groups in total. The summed E-state index contributed by atoms with van der Waals surface area (Å²) in [6, 6.07) is 0. The third kappa shape index (κ3) is 3.32. The number of amides is 2. The minimum absolute atomic E-state index is 0.156. The Balaban J connectivity index is 2.70. The number of halogens is 1. The molecule has 0 saturated heterocycles. The lowest BCUT2D eigenvalue weighted by atomic mass is 9.71. The standard InChI is InChI=1S/C11H19FN2O4/c1-10(2,3)18-9(17)14-11(4-6(12)5-11)7(15)8(13)16/h6-7,15H,4-5H2,1-3H3,(H2,13,16)(H,14,17)/t6?,7-,11?/m0/s1. The first kappa shape index (κ1) is 14.7. The van der Waals surface area contributed by atoms with E-state index in [4.69, 9.17) is 10.5 Å². The highest BCUT2D eigenvalue weighted by Crippen LogP contribution is 2.37. The van der Waals surface area contributed by atoms with Crippen LogP contribution in [0.2, 0.25) is 0 Å². The topological polar surface area (TPSA) is 102 Å². The van der Waals surface area contributed by atoms with Crippen LogP contribution in [0.4, 0.5) is 9.18 Å². The van der Waals surface area contributed by atoms with Gasteiger partial charge in [-0.2, -0.15) is 0 Å². The number of ether oxygens (including phenoxy) is 1. The summed E-state index contributed by atoms with van der Waals surface area (Å²) < 4.78 is 18.0. The van der Waals surface area contributed by atoms with Gasteiger partial charge in [-0.3, -0.25) is 4.79 Å². The first-order chi connectivity index (χ1) is 8.06. The highest BCUT2D eigenvalue weighted by atomic mass is 19.1. The van der Waals surface area contributed by atoms with Gasteiger partial charge in [-0.1, -0.05) is 0 Å². The highest BCUT2D eigenvalue weighted by Gasteiger charge is 2.53. The van der Waals surface area contributed by atoms with Crippen LogP contribution in [0.3, 0.4) is 0 Å². The van der Waals surface area contributed by atoms with Gasteiger partial charge in [0.05, 0.1) is 5.54 Å². The normalized spacial score (nSPS) is 29.1. The van der Waals surface area contributed by atoms with Crippen molar-refractivity contribution in [3.8, 4) is 0 Å². The molecule has 6 nitrogen and oxygen atoms in total. The van der Waals surface area contributed by atoms with Crippen molar-refractivity contribution in [3.05, 3.63) is 0 Å². The number of carbonyl (C=O) groups is 2. The maximum absolute atomic E-state index is 13.0. The van der Waals surface area contributed by atoms with Crippen molar-refractivity contribution in [1.29, 1.82) is 0 Å². The Morgan fingerprint density at radius 1 is 1.50 bits per heavy atom. The zero-order valence-corrected chi connectivity index (χ0v) is 10.7. The van der Waals surface area contributed by atoms with E-state index >= 15 is 0 Å². The van der Waals surface area contributed by atoms with Gasteiger partial charge < -0.3 is 20.9 Å². The first-order valence-electron chi connectivity index (χ1n) is 5.68. The number of nitrogens with two attached hydrogens (primary N) is 1. The summed E-state index contributed by atoms with van der Waals surface area (Å²) in [5.74, 6) is -1.00. The van der Waals surface area contributed by atoms with Crippen molar-refractivity contribution in [2.75, 3.05) is 0 Å². The van der Waals surface area contributed by atoms with E-state index in [1.165, 1.54) is 0 Å².